The molecule has 0 radical (unpaired) electrons. The largest absolute Gasteiger partial charge is 0.492 e. The smallest absolute Gasteiger partial charge is 0.466 e. The minimum Gasteiger partial charge on any atom is -0.466 e. The molecule has 25 heteroatoms. The first-order valence-corrected chi connectivity index (χ1v) is 21.4. The number of fused-ring (bicyclic) bond motifs is 2. The number of esters is 2. The number of halogens is 3. The van der Waals surface area contributed by atoms with Crippen molar-refractivity contribution in [3.8, 4) is 23.3 Å². The van der Waals surface area contributed by atoms with Gasteiger partial charge >= 0.3 is 32.1 Å². The van der Waals surface area contributed by atoms with Crippen LogP contribution in [-0.4, -0.2) is 69.5 Å². The minimum absolute atomic E-state index is 0.00855. The Labute approximate surface area is 352 Å². The van der Waals surface area contributed by atoms with Gasteiger partial charge in [-0.25, -0.2) is 4.98 Å². The molecule has 59 heavy (non-hydrogen) atoms. The second-order valence-electron chi connectivity index (χ2n) is 12.3. The van der Waals surface area contributed by atoms with E-state index in [1.54, 1.807) is 45.9 Å². The SMILES string of the molecule is CCOC(=O)CC1OB(O)c2cc(Oc3cc([N+](=O)[O-])cc[n+]3O)cc(C)c21.CCOC(=O)CC1OB(O)c2cc(Oc3cc([N+](=O)[O-])ccn3)cc(C)c21.ClP(Cl)Cl. The van der Waals surface area contributed by atoms with E-state index in [4.69, 9.17) is 62.0 Å². The van der Waals surface area contributed by atoms with E-state index in [0.717, 1.165) is 23.9 Å². The maximum absolute atomic E-state index is 11.8. The Hall–Kier alpha value is -4.85. The maximum Gasteiger partial charge on any atom is 0.492 e. The molecule has 2 aromatic carbocycles. The Bertz CT molecular complexity index is 2190. The Morgan fingerprint density at radius 1 is 0.814 bits per heavy atom. The lowest BCUT2D eigenvalue weighted by molar-refractivity contribution is -0.905. The lowest BCUT2D eigenvalue weighted by Gasteiger charge is -2.14. The van der Waals surface area contributed by atoms with E-state index < -0.39 is 54.2 Å². The van der Waals surface area contributed by atoms with E-state index in [9.17, 15) is 45.1 Å². The first-order chi connectivity index (χ1) is 27.9. The number of ether oxygens (including phenoxy) is 4. The summed E-state index contributed by atoms with van der Waals surface area (Å²) in [7, 11) is -2.47. The van der Waals surface area contributed by atoms with Gasteiger partial charge in [-0.1, -0.05) is 33.7 Å². The third-order valence-electron chi connectivity index (χ3n) is 8.33. The molecule has 6 rings (SSSR count). The average molecular weight is 899 g/mol. The Morgan fingerprint density at radius 2 is 1.27 bits per heavy atom. The fraction of sp³-hybridized carbons (Fsp3) is 0.294. The number of nitro groups is 2. The molecule has 2 unspecified atom stereocenters. The normalized spacial score (nSPS) is 14.9. The first-order valence-electron chi connectivity index (χ1n) is 17.3. The molecule has 4 aromatic rings. The highest BCUT2D eigenvalue weighted by molar-refractivity contribution is 8.20. The van der Waals surface area contributed by atoms with Crippen LogP contribution in [-0.2, 0) is 28.4 Å². The highest BCUT2D eigenvalue weighted by Crippen LogP contribution is 2.51. The second-order valence-corrected chi connectivity index (χ2v) is 17.3. The third-order valence-corrected chi connectivity index (χ3v) is 8.33. The predicted molar refractivity (Wildman–Crippen MR) is 214 cm³/mol. The average Bonchev–Trinajstić information content (AvgIpc) is 3.63. The van der Waals surface area contributed by atoms with Crippen LogP contribution in [0.4, 0.5) is 11.4 Å². The summed E-state index contributed by atoms with van der Waals surface area (Å²) in [5, 5.41) is 52.0. The van der Waals surface area contributed by atoms with Crippen LogP contribution in [0, 0.1) is 34.1 Å². The molecule has 0 aliphatic carbocycles. The van der Waals surface area contributed by atoms with E-state index in [-0.39, 0.29) is 54.9 Å². The Morgan fingerprint density at radius 3 is 1.73 bits per heavy atom. The monoisotopic (exact) mass is 897 g/mol. The molecule has 0 saturated heterocycles. The number of hydrogen-bond acceptors (Lipinski definition) is 16. The molecular formula is C34H35B2Cl3N4O15P+. The number of nitrogens with zero attached hydrogens (tertiary/aromatic N) is 4. The number of carbonyl (C=O) groups excluding carboxylic acids is 2. The first kappa shape index (κ1) is 46.8. The number of aromatic nitrogens is 2. The van der Waals surface area contributed by atoms with Crippen molar-refractivity contribution >= 4 is 88.2 Å². The molecule has 4 heterocycles. The molecule has 0 bridgehead atoms. The summed E-state index contributed by atoms with van der Waals surface area (Å²) in [6.07, 6.45) is 1.05. The zero-order chi connectivity index (χ0) is 43.6. The fourth-order valence-corrected chi connectivity index (χ4v) is 6.09. The molecule has 19 nitrogen and oxygen atoms in total. The van der Waals surface area contributed by atoms with E-state index in [1.807, 2.05) is 0 Å². The minimum atomic E-state index is -1.26. The molecule has 2 aromatic heterocycles. The topological polar surface area (TPSA) is 253 Å². The molecule has 0 saturated carbocycles. The molecule has 2 aliphatic rings. The second kappa shape index (κ2) is 21.4. The van der Waals surface area contributed by atoms with Crippen LogP contribution in [0.2, 0.25) is 0 Å². The van der Waals surface area contributed by atoms with Crippen LogP contribution in [0.25, 0.3) is 0 Å². The van der Waals surface area contributed by atoms with Crippen LogP contribution < -0.4 is 25.1 Å². The van der Waals surface area contributed by atoms with Gasteiger partial charge in [-0.05, 0) is 85.1 Å². The number of benzene rings is 2. The van der Waals surface area contributed by atoms with Crippen molar-refractivity contribution in [2.24, 2.45) is 0 Å². The van der Waals surface area contributed by atoms with Gasteiger partial charge in [0.25, 0.3) is 11.4 Å². The van der Waals surface area contributed by atoms with Crippen molar-refractivity contribution in [3.63, 3.8) is 0 Å². The van der Waals surface area contributed by atoms with Gasteiger partial charge in [-0.3, -0.25) is 35.0 Å². The molecule has 0 spiro atoms. The Balaban J connectivity index is 0.000000239. The van der Waals surface area contributed by atoms with Crippen molar-refractivity contribution in [1.29, 1.82) is 0 Å². The van der Waals surface area contributed by atoms with Crippen LogP contribution in [0.5, 0.6) is 23.3 Å². The van der Waals surface area contributed by atoms with Crippen LogP contribution >= 0.6 is 39.7 Å². The lowest BCUT2D eigenvalue weighted by atomic mass is 9.77. The number of carbonyl (C=O) groups is 2. The van der Waals surface area contributed by atoms with Gasteiger partial charge in [0.2, 0.25) is 12.1 Å². The molecule has 0 amide bonds. The van der Waals surface area contributed by atoms with Gasteiger partial charge in [-0.2, -0.15) is 0 Å². The van der Waals surface area contributed by atoms with Gasteiger partial charge in [0.1, 0.15) is 17.6 Å². The molecular weight excluding hydrogens is 863 g/mol. The molecule has 0 fully saturated rings. The van der Waals surface area contributed by atoms with Gasteiger partial charge in [0.15, 0.2) is 5.98 Å². The van der Waals surface area contributed by atoms with Crippen molar-refractivity contribution in [2.75, 3.05) is 13.2 Å². The molecule has 3 N–H and O–H groups in total. The zero-order valence-electron chi connectivity index (χ0n) is 31.5. The quantitative estimate of drug-likeness (QED) is 0.0295. The van der Waals surface area contributed by atoms with Gasteiger partial charge in [0, 0.05) is 17.0 Å². The predicted octanol–water partition coefficient (Wildman–Crippen LogP) is 5.66. The molecule has 2 aliphatic heterocycles. The van der Waals surface area contributed by atoms with Gasteiger partial charge < -0.3 is 38.3 Å². The fourth-order valence-electron chi connectivity index (χ4n) is 6.09. The van der Waals surface area contributed by atoms with Crippen LogP contribution in [0.1, 0.15) is 61.2 Å². The highest BCUT2D eigenvalue weighted by atomic mass is 36.0. The summed E-state index contributed by atoms with van der Waals surface area (Å²) in [4.78, 5) is 48.1. The summed E-state index contributed by atoms with van der Waals surface area (Å²) in [5.41, 5.74) is 3.29. The van der Waals surface area contributed by atoms with Gasteiger partial charge in [-0.15, -0.1) is 0 Å². The number of aryl methyl sites for hydroxylation is 2. The van der Waals surface area contributed by atoms with E-state index in [1.165, 1.54) is 24.4 Å². The van der Waals surface area contributed by atoms with Crippen molar-refractivity contribution < 1.29 is 67.7 Å². The van der Waals surface area contributed by atoms with Gasteiger partial charge in [0.05, 0.1) is 60.2 Å². The molecule has 312 valence electrons. The lowest BCUT2D eigenvalue weighted by Crippen LogP contribution is -2.31. The van der Waals surface area contributed by atoms with Crippen LogP contribution in [0.3, 0.4) is 0 Å². The van der Waals surface area contributed by atoms with Crippen molar-refractivity contribution in [2.45, 2.75) is 52.7 Å². The third kappa shape index (κ3) is 12.8. The summed E-state index contributed by atoms with van der Waals surface area (Å²) >= 11 is 14.6. The molecule has 2 atom stereocenters. The van der Waals surface area contributed by atoms with Crippen molar-refractivity contribution in [1.82, 2.24) is 4.98 Å². The number of hydrogen-bond donors (Lipinski definition) is 3. The summed E-state index contributed by atoms with van der Waals surface area (Å²) in [6, 6.07) is 11.0. The summed E-state index contributed by atoms with van der Waals surface area (Å²) in [5.74, 6) is -1.60. The van der Waals surface area contributed by atoms with Crippen molar-refractivity contribution in [3.05, 3.63) is 103 Å². The standard InChI is InChI=1S/C17H18BN2O8.C17H17BN2O7.Cl3P/c1-3-26-16(21)9-14-17-10(2)6-12(8-13(17)18(22)28-14)27-15-7-11(20(24)25)4-5-19(15)23;1-3-25-16(21)9-14-17-10(2)6-12(8-13(17)18(22)27-14)26-15-7-11(20(23)24)4-5-19-15;1-4(2)3/h4-8,14,22-23H,3,9H2,1-2H3;4-8,14,22H,3,9H2,1-2H3;/q+1;;. The number of rotatable bonds is 12. The zero-order valence-corrected chi connectivity index (χ0v) is 34.7. The summed E-state index contributed by atoms with van der Waals surface area (Å²) < 4.78 is 32.6. The van der Waals surface area contributed by atoms with Crippen LogP contribution in [0.15, 0.2) is 60.9 Å². The summed E-state index contributed by atoms with van der Waals surface area (Å²) in [6.45, 7) is 7.48. The maximum atomic E-state index is 11.8. The number of pyridine rings is 2. The van der Waals surface area contributed by atoms with E-state index >= 15 is 0 Å². The van der Waals surface area contributed by atoms with E-state index in [2.05, 4.69) is 4.98 Å². The van der Waals surface area contributed by atoms with E-state index in [0.29, 0.717) is 38.1 Å². The Kier molecular flexibility index (Phi) is 17.0. The highest BCUT2D eigenvalue weighted by Gasteiger charge is 2.39.